The largest absolute Gasteiger partial charge is 0.383 e. The molecule has 5 heteroatoms. The van der Waals surface area contributed by atoms with Crippen LogP contribution in [0, 0.1) is 0 Å². The monoisotopic (exact) mass is 350 g/mol. The lowest BCUT2D eigenvalue weighted by molar-refractivity contribution is 0.0671. The van der Waals surface area contributed by atoms with Gasteiger partial charge >= 0.3 is 0 Å². The number of nitrogens with zero attached hydrogens (tertiary/aromatic N) is 2. The first-order valence-corrected chi connectivity index (χ1v) is 7.55. The molecule has 0 aliphatic heterocycles. The number of ether oxygens (including phenoxy) is 1. The number of hydrogen-bond acceptors (Lipinski definition) is 2. The second-order valence-electron chi connectivity index (χ2n) is 4.86. The molecule has 0 aliphatic carbocycles. The topological polar surface area (TPSA) is 34.5 Å². The number of amides is 1. The van der Waals surface area contributed by atoms with Crippen LogP contribution in [0.2, 0.25) is 0 Å². The molecule has 0 spiro atoms. The van der Waals surface area contributed by atoms with Gasteiger partial charge in [0.25, 0.3) is 5.91 Å². The molecule has 0 unspecified atom stereocenters. The Morgan fingerprint density at radius 3 is 2.62 bits per heavy atom. The molecule has 0 bridgehead atoms. The van der Waals surface area contributed by atoms with Crippen molar-refractivity contribution in [3.63, 3.8) is 0 Å². The summed E-state index contributed by atoms with van der Waals surface area (Å²) in [4.78, 5) is 14.5. The fourth-order valence-electron chi connectivity index (χ4n) is 2.16. The quantitative estimate of drug-likeness (QED) is 0.802. The number of methoxy groups -OCH3 is 1. The molecular formula is C16H19BrN2O2. The highest BCUT2D eigenvalue weighted by Gasteiger charge is 2.19. The molecule has 112 valence electrons. The van der Waals surface area contributed by atoms with Gasteiger partial charge in [0.2, 0.25) is 0 Å². The van der Waals surface area contributed by atoms with Gasteiger partial charge < -0.3 is 14.2 Å². The summed E-state index contributed by atoms with van der Waals surface area (Å²) in [5.74, 6) is 0.00380. The van der Waals surface area contributed by atoms with Crippen molar-refractivity contribution in [3.8, 4) is 0 Å². The van der Waals surface area contributed by atoms with Gasteiger partial charge in [0.05, 0.1) is 6.61 Å². The maximum absolute atomic E-state index is 12.7. The molecule has 0 atom stereocenters. The van der Waals surface area contributed by atoms with Gasteiger partial charge in [0.15, 0.2) is 0 Å². The van der Waals surface area contributed by atoms with E-state index in [0.717, 1.165) is 10.0 Å². The van der Waals surface area contributed by atoms with Crippen LogP contribution in [-0.2, 0) is 18.3 Å². The molecule has 0 saturated heterocycles. The van der Waals surface area contributed by atoms with Crippen LogP contribution in [0.4, 0.5) is 0 Å². The summed E-state index contributed by atoms with van der Waals surface area (Å²) in [6.45, 7) is 1.66. The summed E-state index contributed by atoms with van der Waals surface area (Å²) in [7, 11) is 3.51. The molecule has 0 aliphatic rings. The molecule has 1 aromatic heterocycles. The molecular weight excluding hydrogens is 332 g/mol. The van der Waals surface area contributed by atoms with Crippen LogP contribution in [0.15, 0.2) is 47.1 Å². The van der Waals surface area contributed by atoms with Crippen LogP contribution < -0.4 is 0 Å². The summed E-state index contributed by atoms with van der Waals surface area (Å²) >= 11 is 3.40. The van der Waals surface area contributed by atoms with E-state index in [2.05, 4.69) is 15.9 Å². The average Bonchev–Trinajstić information content (AvgIpc) is 2.82. The Hall–Kier alpha value is -1.59. The predicted octanol–water partition coefficient (Wildman–Crippen LogP) is 3.08. The average molecular weight is 351 g/mol. The first-order valence-electron chi connectivity index (χ1n) is 6.76. The highest BCUT2D eigenvalue weighted by Crippen LogP contribution is 2.16. The zero-order valence-electron chi connectivity index (χ0n) is 12.3. The van der Waals surface area contributed by atoms with E-state index >= 15 is 0 Å². The van der Waals surface area contributed by atoms with Crippen molar-refractivity contribution >= 4 is 21.8 Å². The van der Waals surface area contributed by atoms with Crippen molar-refractivity contribution in [3.05, 3.63) is 58.3 Å². The molecule has 0 radical (unpaired) electrons. The lowest BCUT2D eigenvalue weighted by Gasteiger charge is -2.22. The Kier molecular flexibility index (Phi) is 5.59. The minimum atomic E-state index is 0.00380. The number of carbonyl (C=O) groups is 1. The number of carbonyl (C=O) groups excluding carboxylic acids is 1. The second-order valence-corrected chi connectivity index (χ2v) is 5.78. The molecule has 4 nitrogen and oxygen atoms in total. The van der Waals surface area contributed by atoms with Gasteiger partial charge in [-0.05, 0) is 27.6 Å². The normalized spacial score (nSPS) is 10.6. The summed E-state index contributed by atoms with van der Waals surface area (Å²) < 4.78 is 7.85. The lowest BCUT2D eigenvalue weighted by atomic mass is 10.2. The highest BCUT2D eigenvalue weighted by atomic mass is 79.9. The fourth-order valence-corrected chi connectivity index (χ4v) is 2.68. The molecule has 2 rings (SSSR count). The van der Waals surface area contributed by atoms with Crippen molar-refractivity contribution in [2.75, 3.05) is 20.3 Å². The Labute approximate surface area is 133 Å². The fraction of sp³-hybridized carbons (Fsp3) is 0.312. The zero-order valence-corrected chi connectivity index (χ0v) is 13.8. The highest BCUT2D eigenvalue weighted by molar-refractivity contribution is 9.10. The van der Waals surface area contributed by atoms with E-state index in [9.17, 15) is 4.79 Å². The van der Waals surface area contributed by atoms with Crippen LogP contribution in [0.1, 0.15) is 16.1 Å². The first-order chi connectivity index (χ1) is 10.1. The van der Waals surface area contributed by atoms with Crippen LogP contribution in [-0.4, -0.2) is 35.6 Å². The van der Waals surface area contributed by atoms with Crippen molar-refractivity contribution in [1.82, 2.24) is 9.47 Å². The van der Waals surface area contributed by atoms with E-state index < -0.39 is 0 Å². The van der Waals surface area contributed by atoms with E-state index in [1.807, 2.05) is 54.2 Å². The summed E-state index contributed by atoms with van der Waals surface area (Å²) in [6, 6.07) is 11.8. The van der Waals surface area contributed by atoms with Gasteiger partial charge in [-0.25, -0.2) is 0 Å². The van der Waals surface area contributed by atoms with Gasteiger partial charge in [-0.3, -0.25) is 4.79 Å². The standard InChI is InChI=1S/C16H19BrN2O2/c1-18-12-14(17)10-15(18)16(20)19(8-9-21-2)11-13-6-4-3-5-7-13/h3-7,10,12H,8-9,11H2,1-2H3. The molecule has 2 aromatic rings. The molecule has 0 N–H and O–H groups in total. The molecule has 0 fully saturated rings. The Bertz CT molecular complexity index is 596. The zero-order chi connectivity index (χ0) is 15.2. The third-order valence-electron chi connectivity index (χ3n) is 3.26. The molecule has 1 aromatic carbocycles. The molecule has 0 saturated carbocycles. The maximum Gasteiger partial charge on any atom is 0.270 e. The minimum Gasteiger partial charge on any atom is -0.383 e. The maximum atomic E-state index is 12.7. The molecule has 1 heterocycles. The Morgan fingerprint density at radius 2 is 2.05 bits per heavy atom. The molecule has 21 heavy (non-hydrogen) atoms. The van der Waals surface area contributed by atoms with Crippen LogP contribution in [0.3, 0.4) is 0 Å². The second kappa shape index (κ2) is 7.43. The van der Waals surface area contributed by atoms with E-state index in [4.69, 9.17) is 4.74 Å². The Balaban J connectivity index is 2.19. The number of benzene rings is 1. The summed E-state index contributed by atoms with van der Waals surface area (Å²) in [5, 5.41) is 0. The van der Waals surface area contributed by atoms with Crippen molar-refractivity contribution in [2.24, 2.45) is 7.05 Å². The predicted molar refractivity (Wildman–Crippen MR) is 86.2 cm³/mol. The van der Waals surface area contributed by atoms with Crippen molar-refractivity contribution < 1.29 is 9.53 Å². The number of halogens is 1. The third-order valence-corrected chi connectivity index (χ3v) is 3.69. The van der Waals surface area contributed by atoms with E-state index in [1.165, 1.54) is 0 Å². The number of hydrogen-bond donors (Lipinski definition) is 0. The van der Waals surface area contributed by atoms with Crippen molar-refractivity contribution in [2.45, 2.75) is 6.54 Å². The van der Waals surface area contributed by atoms with Crippen LogP contribution in [0.25, 0.3) is 0 Å². The van der Waals surface area contributed by atoms with Crippen LogP contribution >= 0.6 is 15.9 Å². The van der Waals surface area contributed by atoms with Gasteiger partial charge in [-0.1, -0.05) is 30.3 Å². The summed E-state index contributed by atoms with van der Waals surface area (Å²) in [6.07, 6.45) is 1.88. The number of rotatable bonds is 6. The lowest BCUT2D eigenvalue weighted by Crippen LogP contribution is -2.34. The first kappa shape index (κ1) is 15.8. The van der Waals surface area contributed by atoms with Crippen LogP contribution in [0.5, 0.6) is 0 Å². The molecule has 1 amide bonds. The number of aromatic nitrogens is 1. The Morgan fingerprint density at radius 1 is 1.33 bits per heavy atom. The minimum absolute atomic E-state index is 0.00380. The van der Waals surface area contributed by atoms with Gasteiger partial charge in [-0.15, -0.1) is 0 Å². The van der Waals surface area contributed by atoms with Gasteiger partial charge in [-0.2, -0.15) is 0 Å². The van der Waals surface area contributed by atoms with E-state index in [-0.39, 0.29) is 5.91 Å². The van der Waals surface area contributed by atoms with E-state index in [1.54, 1.807) is 12.0 Å². The number of aryl methyl sites for hydroxylation is 1. The SMILES string of the molecule is COCCN(Cc1ccccc1)C(=O)c1cc(Br)cn1C. The summed E-state index contributed by atoms with van der Waals surface area (Å²) in [5.41, 5.74) is 1.77. The van der Waals surface area contributed by atoms with Gasteiger partial charge in [0.1, 0.15) is 5.69 Å². The third kappa shape index (κ3) is 4.19. The van der Waals surface area contributed by atoms with Gasteiger partial charge in [0, 0.05) is 37.9 Å². The van der Waals surface area contributed by atoms with Crippen molar-refractivity contribution in [1.29, 1.82) is 0 Å². The van der Waals surface area contributed by atoms with E-state index in [0.29, 0.717) is 25.4 Å². The smallest absolute Gasteiger partial charge is 0.270 e.